The maximum Gasteiger partial charge on any atom is 0.251 e. The van der Waals surface area contributed by atoms with Crippen LogP contribution in [0.4, 0.5) is 4.39 Å². The molecule has 1 unspecified atom stereocenters. The Morgan fingerprint density at radius 2 is 2.29 bits per heavy atom. The van der Waals surface area contributed by atoms with E-state index in [1.54, 1.807) is 0 Å². The Kier molecular flexibility index (Phi) is 5.22. The molecule has 0 aliphatic heterocycles. The maximum absolute atomic E-state index is 13.3. The number of carbonyl (C=O) groups excluding carboxylic acids is 1. The minimum atomic E-state index is -0.557. The van der Waals surface area contributed by atoms with Gasteiger partial charge in [-0.05, 0) is 24.6 Å². The Morgan fingerprint density at radius 3 is 2.82 bits per heavy atom. The lowest BCUT2D eigenvalue weighted by Gasteiger charge is -2.09. The van der Waals surface area contributed by atoms with Crippen molar-refractivity contribution in [3.8, 4) is 5.75 Å². The van der Waals surface area contributed by atoms with Gasteiger partial charge in [-0.3, -0.25) is 4.79 Å². The number of halogens is 2. The van der Waals surface area contributed by atoms with Gasteiger partial charge in [-0.1, -0.05) is 6.92 Å². The van der Waals surface area contributed by atoms with Gasteiger partial charge in [0.2, 0.25) is 0 Å². The first-order chi connectivity index (χ1) is 8.08. The van der Waals surface area contributed by atoms with Crippen LogP contribution in [0, 0.1) is 5.82 Å². The average Bonchev–Trinajstić information content (AvgIpc) is 2.35. The van der Waals surface area contributed by atoms with E-state index >= 15 is 0 Å². The number of rotatable bonds is 5. The highest BCUT2D eigenvalue weighted by molar-refractivity contribution is 6.20. The lowest BCUT2D eigenvalue weighted by molar-refractivity contribution is 0.0953. The third kappa shape index (κ3) is 3.89. The molecule has 0 spiro atoms. The van der Waals surface area contributed by atoms with Crippen molar-refractivity contribution in [1.29, 1.82) is 0 Å². The third-order valence-electron chi connectivity index (χ3n) is 2.34. The first-order valence-corrected chi connectivity index (χ1v) is 5.78. The number of hydrogen-bond acceptors (Lipinski definition) is 2. The predicted molar refractivity (Wildman–Crippen MR) is 65.2 cm³/mol. The summed E-state index contributed by atoms with van der Waals surface area (Å²) in [5.74, 6) is -0.783. The van der Waals surface area contributed by atoms with E-state index in [2.05, 4.69) is 5.32 Å². The molecule has 0 aliphatic rings. The van der Waals surface area contributed by atoms with E-state index in [1.807, 2.05) is 6.92 Å². The molecule has 1 aromatic carbocycles. The zero-order valence-corrected chi connectivity index (χ0v) is 10.6. The van der Waals surface area contributed by atoms with Gasteiger partial charge in [-0.15, -0.1) is 11.6 Å². The molecule has 1 rings (SSSR count). The SMILES string of the molecule is CCC(Cl)CNC(=O)c1ccc(OC)c(F)c1. The van der Waals surface area contributed by atoms with Crippen molar-refractivity contribution in [3.63, 3.8) is 0 Å². The highest BCUT2D eigenvalue weighted by atomic mass is 35.5. The van der Waals surface area contributed by atoms with E-state index in [0.29, 0.717) is 6.54 Å². The number of hydrogen-bond donors (Lipinski definition) is 1. The van der Waals surface area contributed by atoms with Gasteiger partial charge in [0.25, 0.3) is 5.91 Å². The molecule has 0 saturated carbocycles. The van der Waals surface area contributed by atoms with Crippen LogP contribution < -0.4 is 10.1 Å². The predicted octanol–water partition coefficient (Wildman–Crippen LogP) is 2.58. The number of ether oxygens (including phenoxy) is 1. The summed E-state index contributed by atoms with van der Waals surface area (Å²) >= 11 is 5.87. The summed E-state index contributed by atoms with van der Waals surface area (Å²) in [6.45, 7) is 2.29. The highest BCUT2D eigenvalue weighted by Gasteiger charge is 2.11. The van der Waals surface area contributed by atoms with Crippen LogP contribution in [-0.2, 0) is 0 Å². The van der Waals surface area contributed by atoms with E-state index < -0.39 is 5.82 Å². The molecular formula is C12H15ClFNO2. The Labute approximate surface area is 105 Å². The Balaban J connectivity index is 2.66. The molecule has 94 valence electrons. The normalized spacial score (nSPS) is 12.0. The van der Waals surface area contributed by atoms with Crippen LogP contribution in [0.15, 0.2) is 18.2 Å². The monoisotopic (exact) mass is 259 g/mol. The number of amides is 1. The summed E-state index contributed by atoms with van der Waals surface area (Å²) in [4.78, 5) is 11.6. The average molecular weight is 260 g/mol. The van der Waals surface area contributed by atoms with Gasteiger partial charge in [0.15, 0.2) is 11.6 Å². The van der Waals surface area contributed by atoms with E-state index in [9.17, 15) is 9.18 Å². The van der Waals surface area contributed by atoms with Crippen LogP contribution in [0.2, 0.25) is 0 Å². The quantitative estimate of drug-likeness (QED) is 0.826. The van der Waals surface area contributed by atoms with Crippen molar-refractivity contribution in [2.45, 2.75) is 18.7 Å². The Morgan fingerprint density at radius 1 is 1.59 bits per heavy atom. The fraction of sp³-hybridized carbons (Fsp3) is 0.417. The zero-order valence-electron chi connectivity index (χ0n) is 9.80. The molecule has 0 bridgehead atoms. The van der Waals surface area contributed by atoms with Gasteiger partial charge in [-0.2, -0.15) is 0 Å². The highest BCUT2D eigenvalue weighted by Crippen LogP contribution is 2.17. The molecule has 1 N–H and O–H groups in total. The van der Waals surface area contributed by atoms with Crippen molar-refractivity contribution in [2.24, 2.45) is 0 Å². The number of alkyl halides is 1. The second-order valence-electron chi connectivity index (χ2n) is 3.56. The van der Waals surface area contributed by atoms with Crippen molar-refractivity contribution < 1.29 is 13.9 Å². The molecule has 0 saturated heterocycles. The second kappa shape index (κ2) is 6.45. The summed E-state index contributed by atoms with van der Waals surface area (Å²) in [5, 5.41) is 2.53. The van der Waals surface area contributed by atoms with E-state index in [4.69, 9.17) is 16.3 Å². The largest absolute Gasteiger partial charge is 0.494 e. The van der Waals surface area contributed by atoms with Crippen LogP contribution in [0.1, 0.15) is 23.7 Å². The number of nitrogens with one attached hydrogen (secondary N) is 1. The Hall–Kier alpha value is -1.29. The molecule has 0 fully saturated rings. The third-order valence-corrected chi connectivity index (χ3v) is 2.80. The molecule has 5 heteroatoms. The molecule has 3 nitrogen and oxygen atoms in total. The lowest BCUT2D eigenvalue weighted by Crippen LogP contribution is -2.29. The van der Waals surface area contributed by atoms with Gasteiger partial charge < -0.3 is 10.1 Å². The van der Waals surface area contributed by atoms with Crippen molar-refractivity contribution in [2.75, 3.05) is 13.7 Å². The number of benzene rings is 1. The van der Waals surface area contributed by atoms with Gasteiger partial charge >= 0.3 is 0 Å². The standard InChI is InChI=1S/C12H15ClFNO2/c1-3-9(13)7-15-12(16)8-4-5-11(17-2)10(14)6-8/h4-6,9H,3,7H2,1-2H3,(H,15,16). The molecule has 0 aliphatic carbocycles. The van der Waals surface area contributed by atoms with Crippen LogP contribution in [0.5, 0.6) is 5.75 Å². The summed E-state index contributed by atoms with van der Waals surface area (Å²) in [7, 11) is 1.37. The second-order valence-corrected chi connectivity index (χ2v) is 4.18. The topological polar surface area (TPSA) is 38.3 Å². The van der Waals surface area contributed by atoms with Crippen molar-refractivity contribution >= 4 is 17.5 Å². The fourth-order valence-electron chi connectivity index (χ4n) is 1.26. The molecule has 1 atom stereocenters. The molecule has 1 amide bonds. The fourth-order valence-corrected chi connectivity index (χ4v) is 1.33. The summed E-state index contributed by atoms with van der Waals surface area (Å²) < 4.78 is 18.1. The van der Waals surface area contributed by atoms with Gasteiger partial charge in [0.1, 0.15) is 0 Å². The van der Waals surface area contributed by atoms with Gasteiger partial charge in [0, 0.05) is 12.1 Å². The Bertz CT molecular complexity index is 398. The maximum atomic E-state index is 13.3. The summed E-state index contributed by atoms with van der Waals surface area (Å²) in [5.41, 5.74) is 0.253. The molecule has 17 heavy (non-hydrogen) atoms. The molecular weight excluding hydrogens is 245 g/mol. The van der Waals surface area contributed by atoms with Crippen LogP contribution >= 0.6 is 11.6 Å². The van der Waals surface area contributed by atoms with E-state index in [1.165, 1.54) is 19.2 Å². The molecule has 1 aromatic rings. The van der Waals surface area contributed by atoms with Crippen molar-refractivity contribution in [1.82, 2.24) is 5.32 Å². The summed E-state index contributed by atoms with van der Waals surface area (Å²) in [6.07, 6.45) is 0.763. The first-order valence-electron chi connectivity index (χ1n) is 5.34. The van der Waals surface area contributed by atoms with Crippen LogP contribution in [-0.4, -0.2) is 24.9 Å². The number of carbonyl (C=O) groups is 1. The van der Waals surface area contributed by atoms with Crippen molar-refractivity contribution in [3.05, 3.63) is 29.6 Å². The lowest BCUT2D eigenvalue weighted by atomic mass is 10.2. The smallest absolute Gasteiger partial charge is 0.251 e. The van der Waals surface area contributed by atoms with E-state index in [0.717, 1.165) is 12.5 Å². The summed E-state index contributed by atoms with van der Waals surface area (Å²) in [6, 6.07) is 4.07. The number of methoxy groups -OCH3 is 1. The minimum absolute atomic E-state index is 0.109. The first kappa shape index (κ1) is 13.8. The van der Waals surface area contributed by atoms with Gasteiger partial charge in [-0.25, -0.2) is 4.39 Å². The zero-order chi connectivity index (χ0) is 12.8. The molecule has 0 aromatic heterocycles. The van der Waals surface area contributed by atoms with E-state index in [-0.39, 0.29) is 22.6 Å². The van der Waals surface area contributed by atoms with Gasteiger partial charge in [0.05, 0.1) is 12.5 Å². The van der Waals surface area contributed by atoms with Crippen LogP contribution in [0.3, 0.4) is 0 Å². The molecule has 0 heterocycles. The molecule has 0 radical (unpaired) electrons. The minimum Gasteiger partial charge on any atom is -0.494 e. The van der Waals surface area contributed by atoms with Crippen LogP contribution in [0.25, 0.3) is 0 Å².